The molecule has 2 aromatic carbocycles. The van der Waals surface area contributed by atoms with Gasteiger partial charge < -0.3 is 24.4 Å². The number of benzene rings is 2. The van der Waals surface area contributed by atoms with Gasteiger partial charge in [0.25, 0.3) is 0 Å². The first kappa shape index (κ1) is 23.4. The van der Waals surface area contributed by atoms with E-state index in [1.165, 1.54) is 11.1 Å². The summed E-state index contributed by atoms with van der Waals surface area (Å²) in [6.07, 6.45) is 1.57. The normalized spacial score (nSPS) is 14.2. The fourth-order valence-corrected chi connectivity index (χ4v) is 3.53. The Morgan fingerprint density at radius 3 is 1.91 bits per heavy atom. The summed E-state index contributed by atoms with van der Waals surface area (Å²) in [6.45, 7) is 8.20. The van der Waals surface area contributed by atoms with Gasteiger partial charge in [-0.3, -0.25) is 0 Å². The quantitative estimate of drug-likeness (QED) is 0.701. The van der Waals surface area contributed by atoms with E-state index >= 15 is 0 Å². The van der Waals surface area contributed by atoms with Gasteiger partial charge in [-0.25, -0.2) is 9.59 Å². The smallest absolute Gasteiger partial charge is 0.410 e. The molecule has 7 heteroatoms. The zero-order valence-electron chi connectivity index (χ0n) is 19.0. The molecule has 1 heterocycles. The van der Waals surface area contributed by atoms with Crippen molar-refractivity contribution in [3.05, 3.63) is 59.7 Å². The van der Waals surface area contributed by atoms with Crippen molar-refractivity contribution in [2.45, 2.75) is 39.2 Å². The lowest BCUT2D eigenvalue weighted by Crippen LogP contribution is -2.50. The van der Waals surface area contributed by atoms with E-state index < -0.39 is 11.6 Å². The number of carboxylic acid groups (broad SMARTS) is 1. The number of piperazine rings is 1. The van der Waals surface area contributed by atoms with Crippen LogP contribution in [0.15, 0.2) is 48.5 Å². The maximum absolute atomic E-state index is 12.2. The van der Waals surface area contributed by atoms with Gasteiger partial charge in [-0.15, -0.1) is 0 Å². The van der Waals surface area contributed by atoms with Crippen molar-refractivity contribution in [3.63, 3.8) is 0 Å². The van der Waals surface area contributed by atoms with Crippen LogP contribution in [0.5, 0.6) is 5.75 Å². The summed E-state index contributed by atoms with van der Waals surface area (Å²) in [5.74, 6) is -0.422. The molecule has 0 spiro atoms. The number of nitrogens with zero attached hydrogens (tertiary/aromatic N) is 2. The van der Waals surface area contributed by atoms with E-state index in [0.717, 1.165) is 31.6 Å². The first-order valence-electron chi connectivity index (χ1n) is 10.9. The van der Waals surface area contributed by atoms with Crippen LogP contribution in [0.3, 0.4) is 0 Å². The molecule has 32 heavy (non-hydrogen) atoms. The molecule has 1 aliphatic heterocycles. The molecule has 0 unspecified atom stereocenters. The molecule has 2 aromatic rings. The van der Waals surface area contributed by atoms with Crippen LogP contribution in [0.2, 0.25) is 0 Å². The Balaban J connectivity index is 1.45. The Bertz CT molecular complexity index is 895. The predicted octanol–water partition coefficient (Wildman–Crippen LogP) is 3.99. The maximum atomic E-state index is 12.2. The zero-order valence-corrected chi connectivity index (χ0v) is 19.0. The molecule has 0 aliphatic carbocycles. The Hall–Kier alpha value is -3.22. The second-order valence-corrected chi connectivity index (χ2v) is 8.95. The van der Waals surface area contributed by atoms with Gasteiger partial charge in [-0.1, -0.05) is 24.3 Å². The number of hydrogen-bond donors (Lipinski definition) is 1. The molecule has 0 aromatic heterocycles. The summed E-state index contributed by atoms with van der Waals surface area (Å²) < 4.78 is 10.6. The number of carboxylic acids is 1. The number of carbonyl (C=O) groups excluding carboxylic acids is 1. The largest absolute Gasteiger partial charge is 0.482 e. The lowest BCUT2D eigenvalue weighted by atomic mass is 10.0. The molecule has 0 bridgehead atoms. The minimum Gasteiger partial charge on any atom is -0.482 e. The maximum Gasteiger partial charge on any atom is 0.410 e. The van der Waals surface area contributed by atoms with Crippen molar-refractivity contribution in [1.82, 2.24) is 4.90 Å². The molecule has 0 atom stereocenters. The summed E-state index contributed by atoms with van der Waals surface area (Å²) >= 11 is 0. The summed E-state index contributed by atoms with van der Waals surface area (Å²) in [5.41, 5.74) is 3.13. The molecule has 0 saturated carbocycles. The van der Waals surface area contributed by atoms with Gasteiger partial charge in [0.2, 0.25) is 0 Å². The van der Waals surface area contributed by atoms with Crippen molar-refractivity contribution >= 4 is 17.7 Å². The minimum atomic E-state index is -0.984. The molecular formula is C25H32N2O5. The topological polar surface area (TPSA) is 79.3 Å². The van der Waals surface area contributed by atoms with Gasteiger partial charge in [0, 0.05) is 31.9 Å². The fraction of sp³-hybridized carbons (Fsp3) is 0.440. The summed E-state index contributed by atoms with van der Waals surface area (Å²) in [4.78, 5) is 26.8. The number of anilines is 1. The fourth-order valence-electron chi connectivity index (χ4n) is 3.53. The van der Waals surface area contributed by atoms with Gasteiger partial charge >= 0.3 is 12.1 Å². The highest BCUT2D eigenvalue weighted by Crippen LogP contribution is 2.20. The second-order valence-electron chi connectivity index (χ2n) is 8.95. The lowest BCUT2D eigenvalue weighted by molar-refractivity contribution is -0.139. The summed E-state index contributed by atoms with van der Waals surface area (Å²) in [7, 11) is 0. The predicted molar refractivity (Wildman–Crippen MR) is 123 cm³/mol. The Morgan fingerprint density at radius 1 is 0.875 bits per heavy atom. The number of hydrogen-bond acceptors (Lipinski definition) is 5. The van der Waals surface area contributed by atoms with E-state index in [-0.39, 0.29) is 12.7 Å². The SMILES string of the molecule is CC(C)(C)OC(=O)N1CCN(c2ccc(CCc3ccc(OCC(=O)O)cc3)cc2)CC1. The van der Waals surface area contributed by atoms with Crippen molar-refractivity contribution < 1.29 is 24.2 Å². The number of ether oxygens (including phenoxy) is 2. The van der Waals surface area contributed by atoms with Gasteiger partial charge in [-0.2, -0.15) is 0 Å². The van der Waals surface area contributed by atoms with Crippen LogP contribution >= 0.6 is 0 Å². The van der Waals surface area contributed by atoms with E-state index in [0.29, 0.717) is 18.8 Å². The molecule has 3 rings (SSSR count). The molecule has 0 radical (unpaired) electrons. The van der Waals surface area contributed by atoms with E-state index in [1.54, 1.807) is 17.0 Å². The van der Waals surface area contributed by atoms with Gasteiger partial charge in [0.05, 0.1) is 0 Å². The Morgan fingerprint density at radius 2 is 1.41 bits per heavy atom. The van der Waals surface area contributed by atoms with Crippen LogP contribution in [-0.2, 0) is 22.4 Å². The third-order valence-corrected chi connectivity index (χ3v) is 5.22. The first-order chi connectivity index (χ1) is 15.2. The molecule has 1 fully saturated rings. The van der Waals surface area contributed by atoms with Crippen LogP contribution in [0.25, 0.3) is 0 Å². The molecule has 1 saturated heterocycles. The minimum absolute atomic E-state index is 0.242. The van der Waals surface area contributed by atoms with Crippen LogP contribution in [-0.4, -0.2) is 60.5 Å². The Labute approximate surface area is 189 Å². The van der Waals surface area contributed by atoms with Gasteiger partial charge in [0.15, 0.2) is 6.61 Å². The monoisotopic (exact) mass is 440 g/mol. The number of aryl methyl sites for hydroxylation is 2. The number of rotatable bonds is 7. The number of carbonyl (C=O) groups is 2. The zero-order chi connectivity index (χ0) is 23.1. The van der Waals surface area contributed by atoms with Crippen molar-refractivity contribution in [2.75, 3.05) is 37.7 Å². The van der Waals surface area contributed by atoms with Crippen LogP contribution in [0, 0.1) is 0 Å². The number of amides is 1. The highest BCUT2D eigenvalue weighted by atomic mass is 16.6. The van der Waals surface area contributed by atoms with E-state index in [4.69, 9.17) is 14.6 Å². The third kappa shape index (κ3) is 7.18. The molecule has 1 amide bonds. The molecule has 1 aliphatic rings. The average molecular weight is 441 g/mol. The number of aliphatic carboxylic acids is 1. The van der Waals surface area contributed by atoms with Gasteiger partial charge in [-0.05, 0) is 69.0 Å². The van der Waals surface area contributed by atoms with Crippen LogP contribution in [0.1, 0.15) is 31.9 Å². The van der Waals surface area contributed by atoms with E-state index in [9.17, 15) is 9.59 Å². The molecular weight excluding hydrogens is 408 g/mol. The molecule has 1 N–H and O–H groups in total. The van der Waals surface area contributed by atoms with Crippen molar-refractivity contribution in [3.8, 4) is 5.75 Å². The highest BCUT2D eigenvalue weighted by Gasteiger charge is 2.25. The summed E-state index contributed by atoms with van der Waals surface area (Å²) in [6, 6.07) is 16.1. The Kier molecular flexibility index (Phi) is 7.62. The van der Waals surface area contributed by atoms with E-state index in [2.05, 4.69) is 29.2 Å². The highest BCUT2D eigenvalue weighted by molar-refractivity contribution is 5.69. The van der Waals surface area contributed by atoms with Crippen LogP contribution < -0.4 is 9.64 Å². The standard InChI is InChI=1S/C25H32N2O5/c1-25(2,3)32-24(30)27-16-14-26(15-17-27)21-10-6-19(7-11-21)4-5-20-8-12-22(13-9-20)31-18-23(28)29/h6-13H,4-5,14-18H2,1-3H3,(H,28,29). The second kappa shape index (κ2) is 10.4. The lowest BCUT2D eigenvalue weighted by Gasteiger charge is -2.36. The van der Waals surface area contributed by atoms with Crippen molar-refractivity contribution in [1.29, 1.82) is 0 Å². The average Bonchev–Trinajstić information content (AvgIpc) is 2.76. The first-order valence-corrected chi connectivity index (χ1v) is 10.9. The summed E-state index contributed by atoms with van der Waals surface area (Å²) in [5, 5.41) is 8.66. The van der Waals surface area contributed by atoms with Crippen molar-refractivity contribution in [2.24, 2.45) is 0 Å². The molecule has 172 valence electrons. The third-order valence-electron chi connectivity index (χ3n) is 5.22. The van der Waals surface area contributed by atoms with Gasteiger partial charge in [0.1, 0.15) is 11.4 Å². The van der Waals surface area contributed by atoms with Crippen LogP contribution in [0.4, 0.5) is 10.5 Å². The van der Waals surface area contributed by atoms with E-state index in [1.807, 2.05) is 32.9 Å². The molecule has 7 nitrogen and oxygen atoms in total.